The van der Waals surface area contributed by atoms with E-state index in [2.05, 4.69) is 10.2 Å². The van der Waals surface area contributed by atoms with Gasteiger partial charge < -0.3 is 15.0 Å². The summed E-state index contributed by atoms with van der Waals surface area (Å²) >= 11 is 0. The highest BCUT2D eigenvalue weighted by Gasteiger charge is 2.34. The zero-order valence-electron chi connectivity index (χ0n) is 15.4. The fraction of sp³-hybridized carbons (Fsp3) is 0.350. The second kappa shape index (κ2) is 7.54. The third-order valence-electron chi connectivity index (χ3n) is 5.48. The summed E-state index contributed by atoms with van der Waals surface area (Å²) in [5.41, 5.74) is 0.591. The number of nitrogens with zero attached hydrogens (tertiary/aromatic N) is 1. The van der Waals surface area contributed by atoms with E-state index in [0.29, 0.717) is 23.0 Å². The Kier molecular flexibility index (Phi) is 5.09. The van der Waals surface area contributed by atoms with E-state index in [4.69, 9.17) is 9.88 Å². The molecule has 0 saturated carbocycles. The van der Waals surface area contributed by atoms with Gasteiger partial charge in [0.15, 0.2) is 0 Å². The number of carbonyl (C=O) groups excluding carboxylic acids is 1. The van der Waals surface area contributed by atoms with E-state index >= 15 is 0 Å². The number of nitrogens with one attached hydrogen (secondary N) is 1. The lowest BCUT2D eigenvalue weighted by atomic mass is 9.84. The van der Waals surface area contributed by atoms with Crippen LogP contribution in [-0.2, 0) is 10.0 Å². The number of rotatable bonds is 5. The number of hydrogen-bond acceptors (Lipinski definition) is 5. The van der Waals surface area contributed by atoms with Gasteiger partial charge in [0.1, 0.15) is 11.5 Å². The Morgan fingerprint density at radius 3 is 2.07 bits per heavy atom. The van der Waals surface area contributed by atoms with Crippen molar-refractivity contribution in [3.8, 4) is 11.5 Å². The van der Waals surface area contributed by atoms with Crippen LogP contribution in [0.15, 0.2) is 53.4 Å². The first-order chi connectivity index (χ1) is 13.4. The monoisotopic (exact) mass is 401 g/mol. The molecule has 1 atom stereocenters. The third kappa shape index (κ3) is 4.19. The molecule has 2 aromatic carbocycles. The molecule has 7 nitrogen and oxygen atoms in total. The first kappa shape index (κ1) is 18.9. The minimum atomic E-state index is -3.73. The van der Waals surface area contributed by atoms with Crippen LogP contribution >= 0.6 is 0 Å². The minimum absolute atomic E-state index is 0.0274. The SMILES string of the molecule is NS(=O)(=O)c1ccc(Oc2ccc(C(=O)NC3CN4CCC3CC4)cc2)cc1. The Labute approximate surface area is 164 Å². The quantitative estimate of drug-likeness (QED) is 0.797. The summed E-state index contributed by atoms with van der Waals surface area (Å²) in [5.74, 6) is 1.55. The van der Waals surface area contributed by atoms with Gasteiger partial charge in [-0.15, -0.1) is 0 Å². The van der Waals surface area contributed by atoms with E-state index in [1.54, 1.807) is 24.3 Å². The van der Waals surface area contributed by atoms with E-state index < -0.39 is 10.0 Å². The van der Waals surface area contributed by atoms with Gasteiger partial charge in [0.2, 0.25) is 10.0 Å². The number of piperidine rings is 3. The van der Waals surface area contributed by atoms with Crippen molar-refractivity contribution in [1.29, 1.82) is 0 Å². The molecule has 3 aliphatic heterocycles. The van der Waals surface area contributed by atoms with Gasteiger partial charge in [-0.3, -0.25) is 4.79 Å². The zero-order valence-corrected chi connectivity index (χ0v) is 16.2. The first-order valence-corrected chi connectivity index (χ1v) is 10.9. The topological polar surface area (TPSA) is 102 Å². The molecule has 0 radical (unpaired) electrons. The van der Waals surface area contributed by atoms with Crippen LogP contribution in [0.25, 0.3) is 0 Å². The molecule has 3 fully saturated rings. The van der Waals surface area contributed by atoms with Gasteiger partial charge in [-0.05, 0) is 80.4 Å². The molecule has 3 heterocycles. The van der Waals surface area contributed by atoms with E-state index in [1.807, 2.05) is 0 Å². The van der Waals surface area contributed by atoms with Crippen molar-refractivity contribution in [1.82, 2.24) is 10.2 Å². The van der Waals surface area contributed by atoms with E-state index in [-0.39, 0.29) is 16.8 Å². The number of carbonyl (C=O) groups is 1. The van der Waals surface area contributed by atoms with Gasteiger partial charge in [0, 0.05) is 18.2 Å². The van der Waals surface area contributed by atoms with Crippen molar-refractivity contribution in [2.45, 2.75) is 23.8 Å². The lowest BCUT2D eigenvalue weighted by Crippen LogP contribution is -2.57. The normalized spacial score (nSPS) is 24.0. The Hall–Kier alpha value is -2.42. The molecular weight excluding hydrogens is 378 g/mol. The fourth-order valence-corrected chi connectivity index (χ4v) is 4.40. The maximum absolute atomic E-state index is 12.6. The van der Waals surface area contributed by atoms with E-state index in [1.165, 1.54) is 24.3 Å². The molecule has 148 valence electrons. The minimum Gasteiger partial charge on any atom is -0.457 e. The molecule has 28 heavy (non-hydrogen) atoms. The number of benzene rings is 2. The Morgan fingerprint density at radius 1 is 1.00 bits per heavy atom. The molecule has 1 amide bonds. The summed E-state index contributed by atoms with van der Waals surface area (Å²) in [6.45, 7) is 3.22. The molecule has 2 aromatic rings. The summed E-state index contributed by atoms with van der Waals surface area (Å²) in [5, 5.41) is 8.25. The van der Waals surface area contributed by atoms with Crippen LogP contribution in [0, 0.1) is 5.92 Å². The second-order valence-electron chi connectivity index (χ2n) is 7.36. The molecule has 0 spiro atoms. The number of nitrogens with two attached hydrogens (primary N) is 1. The Bertz CT molecular complexity index is 950. The smallest absolute Gasteiger partial charge is 0.251 e. The van der Waals surface area contributed by atoms with Crippen LogP contribution in [0.5, 0.6) is 11.5 Å². The van der Waals surface area contributed by atoms with Crippen molar-refractivity contribution >= 4 is 15.9 Å². The summed E-state index contributed by atoms with van der Waals surface area (Å²) in [7, 11) is -3.73. The van der Waals surface area contributed by atoms with Gasteiger partial charge in [-0.2, -0.15) is 0 Å². The lowest BCUT2D eigenvalue weighted by molar-refractivity contribution is 0.0620. The lowest BCUT2D eigenvalue weighted by Gasteiger charge is -2.44. The van der Waals surface area contributed by atoms with Crippen molar-refractivity contribution < 1.29 is 17.9 Å². The van der Waals surface area contributed by atoms with Crippen LogP contribution in [0.3, 0.4) is 0 Å². The standard InChI is InChI=1S/C20H23N3O4S/c21-28(25,26)18-7-5-17(6-8-18)27-16-3-1-15(2-4-16)20(24)22-19-13-23-11-9-14(19)10-12-23/h1-8,14,19H,9-13H2,(H,22,24)(H2,21,25,26). The fourth-order valence-electron chi connectivity index (χ4n) is 3.89. The van der Waals surface area contributed by atoms with Crippen molar-refractivity contribution in [3.63, 3.8) is 0 Å². The molecule has 0 aromatic heterocycles. The molecule has 0 aliphatic carbocycles. The van der Waals surface area contributed by atoms with Gasteiger partial charge in [0.25, 0.3) is 5.91 Å². The summed E-state index contributed by atoms with van der Waals surface area (Å²) in [6, 6.07) is 13.0. The van der Waals surface area contributed by atoms with Gasteiger partial charge in [-0.25, -0.2) is 13.6 Å². The molecule has 3 N–H and O–H groups in total. The molecule has 2 bridgehead atoms. The first-order valence-electron chi connectivity index (χ1n) is 9.32. The summed E-state index contributed by atoms with van der Waals surface area (Å²) < 4.78 is 28.3. The summed E-state index contributed by atoms with van der Waals surface area (Å²) in [6.07, 6.45) is 2.31. The largest absolute Gasteiger partial charge is 0.457 e. The number of ether oxygens (including phenoxy) is 1. The highest BCUT2D eigenvalue weighted by molar-refractivity contribution is 7.89. The predicted molar refractivity (Wildman–Crippen MR) is 105 cm³/mol. The Morgan fingerprint density at radius 2 is 1.57 bits per heavy atom. The Balaban J connectivity index is 1.37. The van der Waals surface area contributed by atoms with Crippen LogP contribution in [0.1, 0.15) is 23.2 Å². The van der Waals surface area contributed by atoms with Gasteiger partial charge in [0.05, 0.1) is 4.90 Å². The number of amides is 1. The zero-order chi connectivity index (χ0) is 19.7. The highest BCUT2D eigenvalue weighted by atomic mass is 32.2. The van der Waals surface area contributed by atoms with E-state index in [0.717, 1.165) is 32.5 Å². The van der Waals surface area contributed by atoms with Crippen molar-refractivity contribution in [2.75, 3.05) is 19.6 Å². The molecular formula is C20H23N3O4S. The number of fused-ring (bicyclic) bond motifs is 3. The number of sulfonamides is 1. The number of hydrogen-bond donors (Lipinski definition) is 2. The summed E-state index contributed by atoms with van der Waals surface area (Å²) in [4.78, 5) is 15.0. The molecule has 5 rings (SSSR count). The van der Waals surface area contributed by atoms with Gasteiger partial charge >= 0.3 is 0 Å². The van der Waals surface area contributed by atoms with Crippen LogP contribution in [0.4, 0.5) is 0 Å². The predicted octanol–water partition coefficient (Wildman–Crippen LogP) is 1.95. The highest BCUT2D eigenvalue weighted by Crippen LogP contribution is 2.28. The van der Waals surface area contributed by atoms with Crippen molar-refractivity contribution in [2.24, 2.45) is 11.1 Å². The molecule has 1 unspecified atom stereocenters. The van der Waals surface area contributed by atoms with Gasteiger partial charge in [-0.1, -0.05) is 0 Å². The average Bonchev–Trinajstić information content (AvgIpc) is 2.69. The molecule has 8 heteroatoms. The molecule has 3 saturated heterocycles. The second-order valence-corrected chi connectivity index (χ2v) is 8.92. The van der Waals surface area contributed by atoms with Crippen LogP contribution in [0.2, 0.25) is 0 Å². The van der Waals surface area contributed by atoms with Crippen LogP contribution in [-0.4, -0.2) is 44.9 Å². The maximum Gasteiger partial charge on any atom is 0.251 e. The average molecular weight is 401 g/mol. The van der Waals surface area contributed by atoms with Crippen LogP contribution < -0.4 is 15.2 Å². The van der Waals surface area contributed by atoms with Crippen molar-refractivity contribution in [3.05, 3.63) is 54.1 Å². The number of primary sulfonamides is 1. The maximum atomic E-state index is 12.6. The van der Waals surface area contributed by atoms with E-state index in [9.17, 15) is 13.2 Å². The third-order valence-corrected chi connectivity index (χ3v) is 6.41. The molecule has 3 aliphatic rings.